The molecule has 0 saturated carbocycles. The lowest BCUT2D eigenvalue weighted by Gasteiger charge is -2.10. The van der Waals surface area contributed by atoms with Crippen LogP contribution in [0.5, 0.6) is 0 Å². The highest BCUT2D eigenvalue weighted by atomic mass is 79.9. The predicted octanol–water partition coefficient (Wildman–Crippen LogP) is 5.59. The molecule has 1 atom stereocenters. The zero-order valence-corrected chi connectivity index (χ0v) is 12.4. The van der Waals surface area contributed by atoms with Crippen LogP contribution in [0, 0.1) is 5.82 Å². The first-order valence-electron chi connectivity index (χ1n) is 5.30. The van der Waals surface area contributed by atoms with Crippen molar-refractivity contribution in [1.29, 1.82) is 0 Å². The molecule has 1 aromatic heterocycles. The fourth-order valence-electron chi connectivity index (χ4n) is 1.59. The lowest BCUT2D eigenvalue weighted by Crippen LogP contribution is -1.92. The molecule has 2 rings (SSSR count). The van der Waals surface area contributed by atoms with Gasteiger partial charge in [0.2, 0.25) is 0 Å². The Kier molecular flexibility index (Phi) is 4.23. The molecule has 2 aromatic rings. The first kappa shape index (κ1) is 13.1. The SMILES string of the molecule is CCc1ccc(C(Br)c2cccc(F)c2Cl)s1. The van der Waals surface area contributed by atoms with Crippen molar-refractivity contribution in [2.24, 2.45) is 0 Å². The largest absolute Gasteiger partial charge is 0.205 e. The molecule has 0 spiro atoms. The van der Waals surface area contributed by atoms with Gasteiger partial charge in [0.1, 0.15) is 5.82 Å². The number of benzene rings is 1. The minimum Gasteiger partial charge on any atom is -0.205 e. The van der Waals surface area contributed by atoms with Crippen LogP contribution < -0.4 is 0 Å². The van der Waals surface area contributed by atoms with Gasteiger partial charge in [0.25, 0.3) is 0 Å². The Labute approximate surface area is 118 Å². The molecule has 17 heavy (non-hydrogen) atoms. The Morgan fingerprint density at radius 3 is 2.76 bits per heavy atom. The van der Waals surface area contributed by atoms with E-state index in [1.54, 1.807) is 17.4 Å². The minimum atomic E-state index is -0.374. The molecule has 0 aliphatic carbocycles. The summed E-state index contributed by atoms with van der Waals surface area (Å²) in [5, 5.41) is 0.195. The topological polar surface area (TPSA) is 0 Å². The van der Waals surface area contributed by atoms with E-state index in [1.165, 1.54) is 10.9 Å². The second kappa shape index (κ2) is 5.51. The lowest BCUT2D eigenvalue weighted by atomic mass is 10.1. The van der Waals surface area contributed by atoms with Crippen molar-refractivity contribution < 1.29 is 4.39 Å². The standard InChI is InChI=1S/C13H11BrClFS/c1-2-8-6-7-11(17-8)12(14)9-4-3-5-10(16)13(9)15/h3-7,12H,2H2,1H3. The van der Waals surface area contributed by atoms with Gasteiger partial charge in [-0.25, -0.2) is 4.39 Å². The minimum absolute atomic E-state index is 0.0454. The summed E-state index contributed by atoms with van der Waals surface area (Å²) in [6.45, 7) is 2.12. The normalized spacial score (nSPS) is 12.7. The Morgan fingerprint density at radius 2 is 2.12 bits per heavy atom. The Hall–Kier alpha value is -0.380. The van der Waals surface area contributed by atoms with E-state index >= 15 is 0 Å². The molecule has 1 aromatic carbocycles. The van der Waals surface area contributed by atoms with Gasteiger partial charge >= 0.3 is 0 Å². The van der Waals surface area contributed by atoms with Crippen LogP contribution in [0.3, 0.4) is 0 Å². The summed E-state index contributed by atoms with van der Waals surface area (Å²) in [5.74, 6) is -0.374. The fourth-order valence-corrected chi connectivity index (χ4v) is 3.72. The van der Waals surface area contributed by atoms with E-state index in [-0.39, 0.29) is 15.7 Å². The van der Waals surface area contributed by atoms with Crippen LogP contribution in [0.25, 0.3) is 0 Å². The van der Waals surface area contributed by atoms with Crippen molar-refractivity contribution in [3.63, 3.8) is 0 Å². The van der Waals surface area contributed by atoms with Crippen LogP contribution in [0.2, 0.25) is 5.02 Å². The first-order chi connectivity index (χ1) is 8.13. The maximum Gasteiger partial charge on any atom is 0.142 e. The summed E-state index contributed by atoms with van der Waals surface area (Å²) in [5.41, 5.74) is 0.774. The zero-order valence-electron chi connectivity index (χ0n) is 9.21. The van der Waals surface area contributed by atoms with E-state index in [0.29, 0.717) is 0 Å². The maximum atomic E-state index is 13.4. The van der Waals surface area contributed by atoms with Gasteiger partial charge in [-0.3, -0.25) is 0 Å². The van der Waals surface area contributed by atoms with Gasteiger partial charge < -0.3 is 0 Å². The van der Waals surface area contributed by atoms with Gasteiger partial charge in [-0.05, 0) is 30.2 Å². The second-order valence-electron chi connectivity index (χ2n) is 3.66. The van der Waals surface area contributed by atoms with Crippen molar-refractivity contribution in [3.8, 4) is 0 Å². The molecule has 0 N–H and O–H groups in total. The third-order valence-electron chi connectivity index (χ3n) is 2.54. The molecular formula is C13H11BrClFS. The molecule has 0 bridgehead atoms. The van der Waals surface area contributed by atoms with Crippen molar-refractivity contribution in [1.82, 2.24) is 0 Å². The van der Waals surface area contributed by atoms with Crippen molar-refractivity contribution in [3.05, 3.63) is 56.5 Å². The second-order valence-corrected chi connectivity index (χ2v) is 6.16. The van der Waals surface area contributed by atoms with Crippen LogP contribution in [0.1, 0.15) is 27.1 Å². The van der Waals surface area contributed by atoms with E-state index < -0.39 is 0 Å². The summed E-state index contributed by atoms with van der Waals surface area (Å²) in [6, 6.07) is 9.05. The highest BCUT2D eigenvalue weighted by Crippen LogP contribution is 2.39. The van der Waals surface area contributed by atoms with Gasteiger partial charge in [0.05, 0.1) is 9.85 Å². The van der Waals surface area contributed by atoms with Crippen LogP contribution in [-0.4, -0.2) is 0 Å². The van der Waals surface area contributed by atoms with E-state index in [9.17, 15) is 4.39 Å². The summed E-state index contributed by atoms with van der Waals surface area (Å²) >= 11 is 11.3. The number of thiophene rings is 1. The van der Waals surface area contributed by atoms with Gasteiger partial charge in [-0.1, -0.05) is 46.6 Å². The molecule has 0 radical (unpaired) electrons. The van der Waals surface area contributed by atoms with E-state index in [2.05, 4.69) is 35.0 Å². The van der Waals surface area contributed by atoms with Crippen LogP contribution in [-0.2, 0) is 6.42 Å². The molecule has 0 amide bonds. The summed E-state index contributed by atoms with van der Waals surface area (Å²) < 4.78 is 13.4. The fraction of sp³-hybridized carbons (Fsp3) is 0.231. The number of rotatable bonds is 3. The van der Waals surface area contributed by atoms with Crippen LogP contribution >= 0.6 is 38.9 Å². The smallest absolute Gasteiger partial charge is 0.142 e. The predicted molar refractivity (Wildman–Crippen MR) is 75.9 cm³/mol. The number of alkyl halides is 1. The molecule has 4 heteroatoms. The number of hydrogen-bond acceptors (Lipinski definition) is 1. The quantitative estimate of drug-likeness (QED) is 0.643. The van der Waals surface area contributed by atoms with E-state index in [0.717, 1.165) is 16.9 Å². The van der Waals surface area contributed by atoms with Crippen molar-refractivity contribution in [2.45, 2.75) is 18.2 Å². The molecule has 0 fully saturated rings. The molecule has 0 aliphatic rings. The molecule has 1 unspecified atom stereocenters. The summed E-state index contributed by atoms with van der Waals surface area (Å²) in [6.07, 6.45) is 1.02. The van der Waals surface area contributed by atoms with E-state index in [4.69, 9.17) is 11.6 Å². The highest BCUT2D eigenvalue weighted by Gasteiger charge is 2.17. The van der Waals surface area contributed by atoms with Crippen LogP contribution in [0.4, 0.5) is 4.39 Å². The molecular weight excluding hydrogens is 323 g/mol. The van der Waals surface area contributed by atoms with Crippen molar-refractivity contribution in [2.75, 3.05) is 0 Å². The van der Waals surface area contributed by atoms with Gasteiger partial charge in [0.15, 0.2) is 0 Å². The molecule has 0 aliphatic heterocycles. The average molecular weight is 334 g/mol. The number of hydrogen-bond donors (Lipinski definition) is 0. The average Bonchev–Trinajstić information content (AvgIpc) is 2.80. The third-order valence-corrected chi connectivity index (χ3v) is 5.52. The Morgan fingerprint density at radius 1 is 1.35 bits per heavy atom. The monoisotopic (exact) mass is 332 g/mol. The molecule has 0 nitrogen and oxygen atoms in total. The highest BCUT2D eigenvalue weighted by molar-refractivity contribution is 9.09. The summed E-state index contributed by atoms with van der Waals surface area (Å²) in [7, 11) is 0. The molecule has 0 saturated heterocycles. The zero-order chi connectivity index (χ0) is 12.4. The van der Waals surface area contributed by atoms with Crippen LogP contribution in [0.15, 0.2) is 30.3 Å². The third kappa shape index (κ3) is 2.72. The van der Waals surface area contributed by atoms with Gasteiger partial charge in [-0.2, -0.15) is 0 Å². The number of aryl methyl sites for hydroxylation is 1. The molecule has 90 valence electrons. The first-order valence-corrected chi connectivity index (χ1v) is 7.41. The van der Waals surface area contributed by atoms with Gasteiger partial charge in [0, 0.05) is 9.75 Å². The van der Waals surface area contributed by atoms with Crippen molar-refractivity contribution >= 4 is 38.9 Å². The van der Waals surface area contributed by atoms with Gasteiger partial charge in [-0.15, -0.1) is 11.3 Å². The maximum absolute atomic E-state index is 13.4. The lowest BCUT2D eigenvalue weighted by molar-refractivity contribution is 0.626. The Balaban J connectivity index is 2.36. The number of halogens is 3. The van der Waals surface area contributed by atoms with E-state index in [1.807, 2.05) is 6.07 Å². The summed E-state index contributed by atoms with van der Waals surface area (Å²) in [4.78, 5) is 2.42. The molecule has 1 heterocycles. The Bertz CT molecular complexity index is 524.